The number of aliphatic hydroxyl groups is 1. The third-order valence-corrected chi connectivity index (χ3v) is 4.23. The monoisotopic (exact) mass is 487 g/mol. The summed E-state index contributed by atoms with van der Waals surface area (Å²) in [5, 5.41) is 15.3. The number of halogens is 4. The second-order valence-electron chi connectivity index (χ2n) is 6.43. The van der Waals surface area contributed by atoms with Gasteiger partial charge in [0, 0.05) is 18.9 Å². The maximum absolute atomic E-state index is 14.9. The molecule has 0 radical (unpaired) electrons. The highest BCUT2D eigenvalue weighted by Gasteiger charge is 2.31. The van der Waals surface area contributed by atoms with E-state index < -0.39 is 54.1 Å². The number of carbonyl (C=O) groups is 1. The van der Waals surface area contributed by atoms with Crippen LogP contribution in [0.4, 0.5) is 23.4 Å². The first-order valence-electron chi connectivity index (χ1n) is 9.46. The van der Waals surface area contributed by atoms with E-state index in [1.807, 2.05) is 0 Å². The van der Waals surface area contributed by atoms with E-state index in [1.54, 1.807) is 6.92 Å². The standard InChI is InChI=1S/C18H17F4N7O5/c1-3-28-11(7-30)27-29(17(28)32)13-10(19)6-9(15(26-13)34-8-18(20,21)22)14(31)25-12-16(33-2)24-5-4-23-12/h4-6,30H,3,7-8H2,1-2H3,(H,23,25,31). The zero-order valence-electron chi connectivity index (χ0n) is 17.6. The largest absolute Gasteiger partial charge is 0.478 e. The van der Waals surface area contributed by atoms with Gasteiger partial charge in [0.15, 0.2) is 29.9 Å². The van der Waals surface area contributed by atoms with Gasteiger partial charge in [0.05, 0.1) is 7.11 Å². The molecule has 3 heterocycles. The van der Waals surface area contributed by atoms with Gasteiger partial charge in [-0.1, -0.05) is 0 Å². The highest BCUT2D eigenvalue weighted by atomic mass is 19.4. The molecule has 0 spiro atoms. The summed E-state index contributed by atoms with van der Waals surface area (Å²) in [4.78, 5) is 36.5. The molecular formula is C18H17F4N7O5. The Hall–Kier alpha value is -4.08. The number of pyridine rings is 1. The van der Waals surface area contributed by atoms with Crippen LogP contribution in [0.2, 0.25) is 0 Å². The van der Waals surface area contributed by atoms with Gasteiger partial charge in [0.1, 0.15) is 12.2 Å². The number of nitrogens with zero attached hydrogens (tertiary/aromatic N) is 6. The summed E-state index contributed by atoms with van der Waals surface area (Å²) in [5.41, 5.74) is -1.65. The number of aromatic nitrogens is 6. The summed E-state index contributed by atoms with van der Waals surface area (Å²) in [6.07, 6.45) is -2.35. The first kappa shape index (κ1) is 24.6. The zero-order valence-corrected chi connectivity index (χ0v) is 17.6. The van der Waals surface area contributed by atoms with Crippen molar-refractivity contribution in [3.05, 3.63) is 46.1 Å². The van der Waals surface area contributed by atoms with Crippen LogP contribution in [0.5, 0.6) is 11.8 Å². The number of alkyl halides is 3. The lowest BCUT2D eigenvalue weighted by molar-refractivity contribution is -0.154. The van der Waals surface area contributed by atoms with Gasteiger partial charge in [-0.25, -0.2) is 19.2 Å². The second-order valence-corrected chi connectivity index (χ2v) is 6.43. The normalized spacial score (nSPS) is 11.4. The molecule has 0 atom stereocenters. The minimum Gasteiger partial charge on any atom is -0.478 e. The molecule has 0 bridgehead atoms. The van der Waals surface area contributed by atoms with Gasteiger partial charge in [-0.15, -0.1) is 5.10 Å². The number of amides is 1. The van der Waals surface area contributed by atoms with Crippen molar-refractivity contribution in [2.75, 3.05) is 19.0 Å². The highest BCUT2D eigenvalue weighted by Crippen LogP contribution is 2.26. The Labute approximate surface area is 187 Å². The molecule has 0 aromatic carbocycles. The molecule has 182 valence electrons. The van der Waals surface area contributed by atoms with E-state index in [-0.39, 0.29) is 24.1 Å². The van der Waals surface area contributed by atoms with Gasteiger partial charge in [-0.05, 0) is 13.0 Å². The molecule has 0 aliphatic rings. The Morgan fingerprint density at radius 1 is 1.24 bits per heavy atom. The molecule has 0 aliphatic carbocycles. The van der Waals surface area contributed by atoms with E-state index >= 15 is 0 Å². The van der Waals surface area contributed by atoms with Crippen molar-refractivity contribution < 1.29 is 36.9 Å². The van der Waals surface area contributed by atoms with Gasteiger partial charge in [-0.2, -0.15) is 22.8 Å². The molecule has 1 amide bonds. The summed E-state index contributed by atoms with van der Waals surface area (Å²) in [5.74, 6) is -4.64. The van der Waals surface area contributed by atoms with Crippen molar-refractivity contribution in [3.63, 3.8) is 0 Å². The molecule has 0 unspecified atom stereocenters. The Morgan fingerprint density at radius 2 is 1.94 bits per heavy atom. The van der Waals surface area contributed by atoms with Gasteiger partial charge in [-0.3, -0.25) is 9.36 Å². The Kier molecular flexibility index (Phi) is 7.09. The Morgan fingerprint density at radius 3 is 2.53 bits per heavy atom. The number of aliphatic hydroxyl groups excluding tert-OH is 1. The second kappa shape index (κ2) is 9.82. The molecule has 3 aromatic heterocycles. The maximum atomic E-state index is 14.9. The molecule has 3 aromatic rings. The molecule has 16 heteroatoms. The number of hydrogen-bond acceptors (Lipinski definition) is 9. The average molecular weight is 487 g/mol. The van der Waals surface area contributed by atoms with Gasteiger partial charge < -0.3 is 19.9 Å². The number of nitrogens with one attached hydrogen (secondary N) is 1. The molecular weight excluding hydrogens is 470 g/mol. The van der Waals surface area contributed by atoms with Gasteiger partial charge >= 0.3 is 11.9 Å². The smallest absolute Gasteiger partial charge is 0.422 e. The van der Waals surface area contributed by atoms with Crippen LogP contribution < -0.4 is 20.5 Å². The SMILES string of the molecule is CCn1c(CO)nn(-c2nc(OCC(F)(F)F)c(C(=O)Nc3nccnc3OC)cc2F)c1=O. The van der Waals surface area contributed by atoms with E-state index in [0.29, 0.717) is 10.7 Å². The first-order valence-corrected chi connectivity index (χ1v) is 9.46. The van der Waals surface area contributed by atoms with Crippen LogP contribution in [-0.2, 0) is 13.2 Å². The predicted octanol–water partition coefficient (Wildman–Crippen LogP) is 1.07. The van der Waals surface area contributed by atoms with Crippen LogP contribution in [0.1, 0.15) is 23.1 Å². The van der Waals surface area contributed by atoms with E-state index in [4.69, 9.17) is 4.74 Å². The number of hydrogen-bond donors (Lipinski definition) is 2. The predicted molar refractivity (Wildman–Crippen MR) is 105 cm³/mol. The molecule has 3 rings (SSSR count). The zero-order chi connectivity index (χ0) is 25.0. The summed E-state index contributed by atoms with van der Waals surface area (Å²) < 4.78 is 64.2. The topological polar surface area (TPSA) is 146 Å². The van der Waals surface area contributed by atoms with E-state index in [1.165, 1.54) is 19.5 Å². The van der Waals surface area contributed by atoms with Crippen LogP contribution in [0.15, 0.2) is 23.3 Å². The quantitative estimate of drug-likeness (QED) is 0.446. The molecule has 0 aliphatic heterocycles. The number of ether oxygens (including phenoxy) is 2. The van der Waals surface area contributed by atoms with Crippen LogP contribution in [-0.4, -0.2) is 60.2 Å². The minimum atomic E-state index is -4.82. The summed E-state index contributed by atoms with van der Waals surface area (Å²) >= 11 is 0. The minimum absolute atomic E-state index is 0.0637. The van der Waals surface area contributed by atoms with E-state index in [0.717, 1.165) is 4.57 Å². The lowest BCUT2D eigenvalue weighted by atomic mass is 10.2. The third-order valence-electron chi connectivity index (χ3n) is 4.23. The third kappa shape index (κ3) is 5.11. The fourth-order valence-corrected chi connectivity index (χ4v) is 2.78. The molecule has 0 saturated heterocycles. The number of anilines is 1. The number of rotatable bonds is 8. The van der Waals surface area contributed by atoms with Crippen LogP contribution in [0.3, 0.4) is 0 Å². The fraction of sp³-hybridized carbons (Fsp3) is 0.333. The van der Waals surface area contributed by atoms with Crippen LogP contribution in [0, 0.1) is 5.82 Å². The number of carbonyl (C=O) groups excluding carboxylic acids is 1. The highest BCUT2D eigenvalue weighted by molar-refractivity contribution is 6.06. The lowest BCUT2D eigenvalue weighted by Gasteiger charge is -2.14. The van der Waals surface area contributed by atoms with Crippen molar-refractivity contribution in [2.24, 2.45) is 0 Å². The molecule has 0 fully saturated rings. The van der Waals surface area contributed by atoms with Crippen LogP contribution in [0.25, 0.3) is 5.82 Å². The summed E-state index contributed by atoms with van der Waals surface area (Å²) in [6.45, 7) is -0.911. The van der Waals surface area contributed by atoms with Crippen molar-refractivity contribution in [1.82, 2.24) is 29.3 Å². The molecule has 34 heavy (non-hydrogen) atoms. The van der Waals surface area contributed by atoms with Crippen molar-refractivity contribution >= 4 is 11.7 Å². The lowest BCUT2D eigenvalue weighted by Crippen LogP contribution is -2.27. The Bertz CT molecular complexity index is 1260. The average Bonchev–Trinajstić information content (AvgIpc) is 3.12. The molecule has 12 nitrogen and oxygen atoms in total. The van der Waals surface area contributed by atoms with Crippen molar-refractivity contribution in [3.8, 4) is 17.6 Å². The summed E-state index contributed by atoms with van der Waals surface area (Å²) in [7, 11) is 1.24. The first-order chi connectivity index (χ1) is 16.1. The maximum Gasteiger partial charge on any atom is 0.422 e. The fourth-order valence-electron chi connectivity index (χ4n) is 2.78. The van der Waals surface area contributed by atoms with Crippen molar-refractivity contribution in [2.45, 2.75) is 26.3 Å². The van der Waals surface area contributed by atoms with Crippen LogP contribution >= 0.6 is 0 Å². The molecule has 2 N–H and O–H groups in total. The van der Waals surface area contributed by atoms with Crippen molar-refractivity contribution in [1.29, 1.82) is 0 Å². The van der Waals surface area contributed by atoms with Gasteiger partial charge in [0.2, 0.25) is 5.88 Å². The number of methoxy groups -OCH3 is 1. The van der Waals surface area contributed by atoms with Gasteiger partial charge in [0.25, 0.3) is 11.8 Å². The van der Waals surface area contributed by atoms with E-state index in [2.05, 4.69) is 30.1 Å². The Balaban J connectivity index is 2.10. The van der Waals surface area contributed by atoms with E-state index in [9.17, 15) is 32.3 Å². The molecule has 0 saturated carbocycles. The summed E-state index contributed by atoms with van der Waals surface area (Å²) in [6, 6.07) is 0.530.